The number of piperazine rings is 1. The first kappa shape index (κ1) is 18.1. The molecule has 25 heavy (non-hydrogen) atoms. The maximum Gasteiger partial charge on any atom is 0.236 e. The van der Waals surface area contributed by atoms with Crippen molar-refractivity contribution in [3.05, 3.63) is 64.1 Å². The second-order valence-corrected chi connectivity index (χ2v) is 6.95. The molecule has 6 heteroatoms. The van der Waals surface area contributed by atoms with Gasteiger partial charge in [-0.15, -0.1) is 0 Å². The molecule has 1 aliphatic rings. The molecular formula is C19H21Cl2N3O. The maximum absolute atomic E-state index is 12.3. The van der Waals surface area contributed by atoms with E-state index >= 15 is 0 Å². The molecule has 0 unspecified atom stereocenters. The van der Waals surface area contributed by atoms with Crippen LogP contribution in [0.3, 0.4) is 0 Å². The van der Waals surface area contributed by atoms with Crippen molar-refractivity contribution in [3.63, 3.8) is 0 Å². The lowest BCUT2D eigenvalue weighted by molar-refractivity contribution is -0.130. The van der Waals surface area contributed by atoms with Gasteiger partial charge in [-0.3, -0.25) is 4.79 Å². The number of benzene rings is 2. The SMILES string of the molecule is O=C(CNCc1ccc(Cl)cc1)N1CCN(c2cccc(Cl)c2)CC1. The molecule has 0 radical (unpaired) electrons. The molecule has 0 aliphatic carbocycles. The molecule has 1 fully saturated rings. The smallest absolute Gasteiger partial charge is 0.236 e. The van der Waals surface area contributed by atoms with Gasteiger partial charge < -0.3 is 15.1 Å². The minimum absolute atomic E-state index is 0.139. The minimum Gasteiger partial charge on any atom is -0.368 e. The molecular weight excluding hydrogens is 357 g/mol. The molecule has 0 aromatic heterocycles. The predicted molar refractivity (Wildman–Crippen MR) is 103 cm³/mol. The molecule has 1 aliphatic heterocycles. The van der Waals surface area contributed by atoms with Gasteiger partial charge in [0.1, 0.15) is 0 Å². The molecule has 3 rings (SSSR count). The number of halogens is 2. The zero-order valence-electron chi connectivity index (χ0n) is 13.9. The van der Waals surface area contributed by atoms with Crippen molar-refractivity contribution in [2.45, 2.75) is 6.54 Å². The molecule has 1 saturated heterocycles. The zero-order chi connectivity index (χ0) is 17.6. The Morgan fingerprint density at radius 2 is 1.68 bits per heavy atom. The average Bonchev–Trinajstić information content (AvgIpc) is 2.63. The van der Waals surface area contributed by atoms with Gasteiger partial charge in [0.15, 0.2) is 0 Å². The van der Waals surface area contributed by atoms with Gasteiger partial charge in [-0.05, 0) is 35.9 Å². The number of rotatable bonds is 5. The first-order chi connectivity index (χ1) is 12.1. The van der Waals surface area contributed by atoms with Gasteiger partial charge in [0.2, 0.25) is 5.91 Å². The zero-order valence-corrected chi connectivity index (χ0v) is 15.4. The summed E-state index contributed by atoms with van der Waals surface area (Å²) in [5.41, 5.74) is 2.23. The van der Waals surface area contributed by atoms with Gasteiger partial charge in [0.25, 0.3) is 0 Å². The number of hydrogen-bond donors (Lipinski definition) is 1. The molecule has 2 aromatic carbocycles. The van der Waals surface area contributed by atoms with E-state index in [1.54, 1.807) is 0 Å². The third kappa shape index (κ3) is 5.11. The predicted octanol–water partition coefficient (Wildman–Crippen LogP) is 3.43. The van der Waals surface area contributed by atoms with Crippen LogP contribution in [0.25, 0.3) is 0 Å². The Hall–Kier alpha value is -1.75. The lowest BCUT2D eigenvalue weighted by Crippen LogP contribution is -2.50. The van der Waals surface area contributed by atoms with Crippen molar-refractivity contribution in [2.24, 2.45) is 0 Å². The van der Waals surface area contributed by atoms with Crippen LogP contribution in [0.5, 0.6) is 0 Å². The van der Waals surface area contributed by atoms with Crippen LogP contribution < -0.4 is 10.2 Å². The van der Waals surface area contributed by atoms with Gasteiger partial charge in [0, 0.05) is 48.5 Å². The molecule has 2 aromatic rings. The van der Waals surface area contributed by atoms with E-state index < -0.39 is 0 Å². The third-order valence-electron chi connectivity index (χ3n) is 4.32. The van der Waals surface area contributed by atoms with Gasteiger partial charge in [-0.25, -0.2) is 0 Å². The lowest BCUT2D eigenvalue weighted by Gasteiger charge is -2.36. The van der Waals surface area contributed by atoms with Gasteiger partial charge in [-0.1, -0.05) is 41.4 Å². The van der Waals surface area contributed by atoms with Crippen LogP contribution in [0.4, 0.5) is 5.69 Å². The first-order valence-electron chi connectivity index (χ1n) is 8.35. The highest BCUT2D eigenvalue weighted by Crippen LogP contribution is 2.20. The van der Waals surface area contributed by atoms with Crippen LogP contribution in [-0.2, 0) is 11.3 Å². The number of nitrogens with zero attached hydrogens (tertiary/aromatic N) is 2. The summed E-state index contributed by atoms with van der Waals surface area (Å²) >= 11 is 11.9. The molecule has 1 heterocycles. The summed E-state index contributed by atoms with van der Waals surface area (Å²) in [5, 5.41) is 4.66. The fourth-order valence-corrected chi connectivity index (χ4v) is 3.23. The highest BCUT2D eigenvalue weighted by molar-refractivity contribution is 6.31. The van der Waals surface area contributed by atoms with Crippen LogP contribution in [0, 0.1) is 0 Å². The summed E-state index contributed by atoms with van der Waals surface area (Å²) in [5.74, 6) is 0.139. The Bertz CT molecular complexity index is 713. The van der Waals surface area contributed by atoms with Crippen LogP contribution in [0.2, 0.25) is 10.0 Å². The molecule has 4 nitrogen and oxygen atoms in total. The number of hydrogen-bond acceptors (Lipinski definition) is 3. The second kappa shape index (κ2) is 8.56. The van der Waals surface area contributed by atoms with Crippen molar-refractivity contribution in [1.82, 2.24) is 10.2 Å². The standard InChI is InChI=1S/C19H21Cl2N3O/c20-16-6-4-15(5-7-16)13-22-14-19(25)24-10-8-23(9-11-24)18-3-1-2-17(21)12-18/h1-7,12,22H,8-11,13-14H2. The average molecular weight is 378 g/mol. The van der Waals surface area contributed by atoms with Crippen LogP contribution in [0.15, 0.2) is 48.5 Å². The van der Waals surface area contributed by atoms with Crippen molar-refractivity contribution in [1.29, 1.82) is 0 Å². The summed E-state index contributed by atoms with van der Waals surface area (Å²) in [4.78, 5) is 16.5. The molecule has 1 N–H and O–H groups in total. The number of amides is 1. The summed E-state index contributed by atoms with van der Waals surface area (Å²) in [7, 11) is 0. The fourth-order valence-electron chi connectivity index (χ4n) is 2.91. The number of anilines is 1. The van der Waals surface area contributed by atoms with Crippen LogP contribution in [0.1, 0.15) is 5.56 Å². The summed E-state index contributed by atoms with van der Waals surface area (Å²) < 4.78 is 0. The third-order valence-corrected chi connectivity index (χ3v) is 4.81. The quantitative estimate of drug-likeness (QED) is 0.866. The van der Waals surface area contributed by atoms with Gasteiger partial charge in [0.05, 0.1) is 6.54 Å². The van der Waals surface area contributed by atoms with E-state index in [9.17, 15) is 4.79 Å². The van der Waals surface area contributed by atoms with E-state index in [-0.39, 0.29) is 5.91 Å². The van der Waals surface area contributed by atoms with Gasteiger partial charge in [-0.2, -0.15) is 0 Å². The van der Waals surface area contributed by atoms with Crippen molar-refractivity contribution in [3.8, 4) is 0 Å². The molecule has 0 spiro atoms. The number of carbonyl (C=O) groups is 1. The van der Waals surface area contributed by atoms with E-state index in [0.717, 1.165) is 47.5 Å². The summed E-state index contributed by atoms with van der Waals surface area (Å²) in [6.07, 6.45) is 0. The molecule has 0 atom stereocenters. The monoisotopic (exact) mass is 377 g/mol. The van der Waals surface area contributed by atoms with Crippen LogP contribution >= 0.6 is 23.2 Å². The normalized spacial score (nSPS) is 14.6. The first-order valence-corrected chi connectivity index (χ1v) is 9.11. The second-order valence-electron chi connectivity index (χ2n) is 6.08. The fraction of sp³-hybridized carbons (Fsp3) is 0.316. The Balaban J connectivity index is 1.43. The van der Waals surface area contributed by atoms with E-state index in [4.69, 9.17) is 23.2 Å². The van der Waals surface area contributed by atoms with E-state index in [1.165, 1.54) is 0 Å². The Morgan fingerprint density at radius 3 is 2.36 bits per heavy atom. The van der Waals surface area contributed by atoms with Crippen molar-refractivity contribution in [2.75, 3.05) is 37.6 Å². The Morgan fingerprint density at radius 1 is 0.960 bits per heavy atom. The van der Waals surface area contributed by atoms with Gasteiger partial charge >= 0.3 is 0 Å². The number of carbonyl (C=O) groups excluding carboxylic acids is 1. The highest BCUT2D eigenvalue weighted by atomic mass is 35.5. The van der Waals surface area contributed by atoms with Crippen LogP contribution in [-0.4, -0.2) is 43.5 Å². The largest absolute Gasteiger partial charge is 0.368 e. The van der Waals surface area contributed by atoms with E-state index in [0.29, 0.717) is 13.1 Å². The van der Waals surface area contributed by atoms with Crippen molar-refractivity contribution >= 4 is 34.8 Å². The number of nitrogens with one attached hydrogen (secondary N) is 1. The molecule has 0 bridgehead atoms. The Kier molecular flexibility index (Phi) is 6.19. The maximum atomic E-state index is 12.3. The topological polar surface area (TPSA) is 35.6 Å². The molecule has 132 valence electrons. The summed E-state index contributed by atoms with van der Waals surface area (Å²) in [6, 6.07) is 15.5. The van der Waals surface area contributed by atoms with Crippen molar-refractivity contribution < 1.29 is 4.79 Å². The Labute approximate surface area is 158 Å². The van der Waals surface area contributed by atoms with E-state index in [1.807, 2.05) is 47.4 Å². The summed E-state index contributed by atoms with van der Waals surface area (Å²) in [6.45, 7) is 4.11. The van der Waals surface area contributed by atoms with E-state index in [2.05, 4.69) is 16.3 Å². The minimum atomic E-state index is 0.139. The lowest BCUT2D eigenvalue weighted by atomic mass is 10.2. The highest BCUT2D eigenvalue weighted by Gasteiger charge is 2.20. The molecule has 1 amide bonds. The molecule has 0 saturated carbocycles.